The van der Waals surface area contributed by atoms with E-state index < -0.39 is 23.7 Å². The molecule has 3 aliphatic carbocycles. The van der Waals surface area contributed by atoms with Crippen molar-refractivity contribution in [3.63, 3.8) is 0 Å². The van der Waals surface area contributed by atoms with Crippen molar-refractivity contribution < 1.29 is 24.3 Å². The molecule has 0 spiro atoms. The molecule has 3 amide bonds. The Morgan fingerprint density at radius 2 is 1.23 bits per heavy atom. The Balaban J connectivity index is 1.20. The zero-order valence-corrected chi connectivity index (χ0v) is 21.5. The number of amides is 3. The zero-order chi connectivity index (χ0) is 27.7. The summed E-state index contributed by atoms with van der Waals surface area (Å²) < 4.78 is 0. The third-order valence-corrected chi connectivity index (χ3v) is 8.49. The lowest BCUT2D eigenvalue weighted by atomic mass is 9.55. The van der Waals surface area contributed by atoms with Gasteiger partial charge in [0, 0.05) is 17.4 Å². The number of aryl methyl sites for hydroxylation is 1. The second-order valence-corrected chi connectivity index (χ2v) is 10.6. The van der Waals surface area contributed by atoms with Gasteiger partial charge in [0.25, 0.3) is 5.91 Å². The van der Waals surface area contributed by atoms with Crippen LogP contribution < -0.4 is 10.2 Å². The van der Waals surface area contributed by atoms with Gasteiger partial charge in [-0.15, -0.1) is 0 Å². The number of carbonyl (C=O) groups is 4. The number of aromatic carboxylic acids is 1. The number of anilines is 2. The molecule has 7 heteroatoms. The third kappa shape index (κ3) is 3.37. The van der Waals surface area contributed by atoms with Crippen molar-refractivity contribution in [2.24, 2.45) is 11.8 Å². The molecule has 1 fully saturated rings. The number of nitrogens with zero attached hydrogens (tertiary/aromatic N) is 1. The molecule has 2 bridgehead atoms. The monoisotopic (exact) mass is 528 g/mol. The molecule has 0 aromatic heterocycles. The highest BCUT2D eigenvalue weighted by Crippen LogP contribution is 2.61. The Kier molecular flexibility index (Phi) is 5.25. The number of imide groups is 1. The van der Waals surface area contributed by atoms with Gasteiger partial charge in [0.15, 0.2) is 0 Å². The summed E-state index contributed by atoms with van der Waals surface area (Å²) >= 11 is 0. The van der Waals surface area contributed by atoms with E-state index in [2.05, 4.69) is 29.6 Å². The van der Waals surface area contributed by atoms with E-state index in [4.69, 9.17) is 0 Å². The second-order valence-electron chi connectivity index (χ2n) is 10.6. The van der Waals surface area contributed by atoms with Crippen molar-refractivity contribution in [2.45, 2.75) is 18.8 Å². The lowest BCUT2D eigenvalue weighted by molar-refractivity contribution is -0.122. The highest BCUT2D eigenvalue weighted by molar-refractivity contribution is 6.23. The molecule has 2 N–H and O–H groups in total. The van der Waals surface area contributed by atoms with Crippen LogP contribution in [0.15, 0.2) is 91.0 Å². The summed E-state index contributed by atoms with van der Waals surface area (Å²) in [7, 11) is 0. The van der Waals surface area contributed by atoms with Crippen LogP contribution >= 0.6 is 0 Å². The minimum atomic E-state index is -1.14. The quantitative estimate of drug-likeness (QED) is 0.348. The second kappa shape index (κ2) is 8.74. The van der Waals surface area contributed by atoms with Crippen LogP contribution in [0.4, 0.5) is 11.4 Å². The number of carboxylic acid groups (broad SMARTS) is 1. The van der Waals surface area contributed by atoms with Crippen LogP contribution in [0.5, 0.6) is 0 Å². The molecule has 4 aromatic rings. The van der Waals surface area contributed by atoms with Gasteiger partial charge in [-0.05, 0) is 71.1 Å². The Morgan fingerprint density at radius 3 is 1.70 bits per heavy atom. The van der Waals surface area contributed by atoms with Gasteiger partial charge >= 0.3 is 5.97 Å². The van der Waals surface area contributed by atoms with E-state index in [1.807, 2.05) is 24.3 Å². The first-order valence-electron chi connectivity index (χ1n) is 13.2. The van der Waals surface area contributed by atoms with Gasteiger partial charge in [-0.1, -0.05) is 54.6 Å². The van der Waals surface area contributed by atoms with E-state index in [-0.39, 0.29) is 40.5 Å². The maximum Gasteiger partial charge on any atom is 0.337 e. The molecule has 4 aromatic carbocycles. The summed E-state index contributed by atoms with van der Waals surface area (Å²) in [5.41, 5.74) is 6.13. The molecule has 1 heterocycles. The average molecular weight is 529 g/mol. The van der Waals surface area contributed by atoms with E-state index in [1.165, 1.54) is 11.0 Å². The van der Waals surface area contributed by atoms with Crippen molar-refractivity contribution >= 4 is 35.1 Å². The fourth-order valence-corrected chi connectivity index (χ4v) is 6.84. The van der Waals surface area contributed by atoms with E-state index in [9.17, 15) is 24.3 Å². The Hall–Kier alpha value is -5.04. The zero-order valence-electron chi connectivity index (χ0n) is 21.5. The summed E-state index contributed by atoms with van der Waals surface area (Å²) in [4.78, 5) is 53.7. The van der Waals surface area contributed by atoms with Gasteiger partial charge in [-0.2, -0.15) is 0 Å². The molecule has 0 radical (unpaired) electrons. The summed E-state index contributed by atoms with van der Waals surface area (Å²) in [6.45, 7) is 1.81. The molecule has 196 valence electrons. The first-order valence-corrected chi connectivity index (χ1v) is 13.2. The van der Waals surface area contributed by atoms with Crippen molar-refractivity contribution in [3.8, 4) is 0 Å². The number of carboxylic acids is 1. The van der Waals surface area contributed by atoms with E-state index in [1.54, 1.807) is 43.3 Å². The highest BCUT2D eigenvalue weighted by atomic mass is 16.4. The van der Waals surface area contributed by atoms with Crippen LogP contribution in [0.25, 0.3) is 0 Å². The van der Waals surface area contributed by atoms with Crippen LogP contribution in [-0.4, -0.2) is 28.8 Å². The molecule has 1 aliphatic heterocycles. The molecular formula is C33H24N2O5. The summed E-state index contributed by atoms with van der Waals surface area (Å²) in [5.74, 6) is -3.43. The molecule has 2 atom stereocenters. The number of nitrogens with one attached hydrogen (secondary N) is 1. The fourth-order valence-electron chi connectivity index (χ4n) is 6.84. The lowest BCUT2D eigenvalue weighted by Crippen LogP contribution is -2.41. The molecule has 0 saturated carbocycles. The number of benzene rings is 4. The van der Waals surface area contributed by atoms with Gasteiger partial charge < -0.3 is 10.4 Å². The maximum atomic E-state index is 13.9. The molecule has 40 heavy (non-hydrogen) atoms. The molecule has 8 rings (SSSR count). The molecule has 0 unspecified atom stereocenters. The van der Waals surface area contributed by atoms with Gasteiger partial charge in [-0.3, -0.25) is 14.4 Å². The summed E-state index contributed by atoms with van der Waals surface area (Å²) in [6.07, 6.45) is 0. The van der Waals surface area contributed by atoms with Crippen LogP contribution in [0.2, 0.25) is 0 Å². The van der Waals surface area contributed by atoms with Crippen molar-refractivity contribution in [1.82, 2.24) is 0 Å². The van der Waals surface area contributed by atoms with Gasteiger partial charge in [-0.25, -0.2) is 9.69 Å². The van der Waals surface area contributed by atoms with Crippen LogP contribution in [0.1, 0.15) is 60.4 Å². The molecule has 7 nitrogen and oxygen atoms in total. The number of hydrogen-bond acceptors (Lipinski definition) is 4. The van der Waals surface area contributed by atoms with Crippen LogP contribution in [0.3, 0.4) is 0 Å². The Morgan fingerprint density at radius 1 is 0.725 bits per heavy atom. The first kappa shape index (κ1) is 24.0. The number of carbonyl (C=O) groups excluding carboxylic acids is 3. The average Bonchev–Trinajstić information content (AvgIpc) is 3.23. The normalized spacial score (nSPS) is 22.0. The molecule has 4 aliphatic rings. The molecular weight excluding hydrogens is 504 g/mol. The number of hydrogen-bond donors (Lipinski definition) is 2. The largest absolute Gasteiger partial charge is 0.478 e. The lowest BCUT2D eigenvalue weighted by Gasteiger charge is -2.45. The van der Waals surface area contributed by atoms with Crippen LogP contribution in [-0.2, 0) is 9.59 Å². The molecule has 1 saturated heterocycles. The Labute approximate surface area is 230 Å². The predicted octanol–water partition coefficient (Wildman–Crippen LogP) is 5.34. The van der Waals surface area contributed by atoms with Gasteiger partial charge in [0.1, 0.15) is 0 Å². The van der Waals surface area contributed by atoms with Crippen LogP contribution in [0, 0.1) is 18.8 Å². The maximum absolute atomic E-state index is 13.9. The fraction of sp³-hybridized carbons (Fsp3) is 0.152. The van der Waals surface area contributed by atoms with Crippen molar-refractivity contribution in [1.29, 1.82) is 0 Å². The van der Waals surface area contributed by atoms with E-state index in [0.29, 0.717) is 5.69 Å². The SMILES string of the molecule is Cc1ccc(C(=O)O)c(NC(=O)c2ccc(N3C(=O)[C@@H]4C5c6ccccc6C(c6ccccc65)[C@@H]4C3=O)cc2)c1. The van der Waals surface area contributed by atoms with Gasteiger partial charge in [0.05, 0.1) is 28.8 Å². The summed E-state index contributed by atoms with van der Waals surface area (Å²) in [5, 5.41) is 12.1. The van der Waals surface area contributed by atoms with E-state index in [0.717, 1.165) is 27.8 Å². The van der Waals surface area contributed by atoms with Crippen molar-refractivity contribution in [2.75, 3.05) is 10.2 Å². The first-order chi connectivity index (χ1) is 19.3. The smallest absolute Gasteiger partial charge is 0.337 e. The number of rotatable bonds is 4. The highest BCUT2D eigenvalue weighted by Gasteiger charge is 2.61. The van der Waals surface area contributed by atoms with Gasteiger partial charge in [0.2, 0.25) is 11.8 Å². The van der Waals surface area contributed by atoms with Crippen molar-refractivity contribution in [3.05, 3.63) is 130 Å². The minimum absolute atomic E-state index is 0.0111. The summed E-state index contributed by atoms with van der Waals surface area (Å²) in [6, 6.07) is 27.2. The Bertz CT molecular complexity index is 1640. The topological polar surface area (TPSA) is 104 Å². The van der Waals surface area contributed by atoms with E-state index >= 15 is 0 Å². The third-order valence-electron chi connectivity index (χ3n) is 8.49. The minimum Gasteiger partial charge on any atom is -0.478 e. The standard InChI is InChI=1S/C33H24N2O5/c1-17-10-15-24(33(39)40)25(16-17)34-30(36)18-11-13-19(14-12-18)35-31(37)28-26-20-6-2-3-7-21(20)27(29(28)32(35)38)23-9-5-4-8-22(23)26/h2-16,26-29H,1H3,(H,34,36)(H,39,40)/t26?,27?,28-,29+. The predicted molar refractivity (Wildman–Crippen MR) is 149 cm³/mol.